The number of esters is 1. The Kier molecular flexibility index (Phi) is 11.8. The van der Waals surface area contributed by atoms with E-state index in [0.717, 1.165) is 22.4 Å². The Labute approximate surface area is 286 Å². The van der Waals surface area contributed by atoms with Gasteiger partial charge in [-0.3, -0.25) is 10.1 Å². The third-order valence-electron chi connectivity index (χ3n) is 7.69. The molecule has 49 heavy (non-hydrogen) atoms. The summed E-state index contributed by atoms with van der Waals surface area (Å²) in [6.07, 6.45) is -0.913. The first kappa shape index (κ1) is 34.8. The Bertz CT molecular complexity index is 1830. The van der Waals surface area contributed by atoms with Gasteiger partial charge in [-0.2, -0.15) is 0 Å². The maximum atomic E-state index is 13.1. The van der Waals surface area contributed by atoms with E-state index in [-0.39, 0.29) is 41.7 Å². The normalized spacial score (nSPS) is 11.7. The average molecular weight is 682 g/mol. The first-order valence-electron chi connectivity index (χ1n) is 15.3. The predicted octanol–water partition coefficient (Wildman–Crippen LogP) is 6.88. The first-order chi connectivity index (χ1) is 23.8. The Morgan fingerprint density at radius 2 is 1.29 bits per heavy atom. The van der Waals surface area contributed by atoms with Gasteiger partial charge in [0.15, 0.2) is 22.6 Å². The summed E-state index contributed by atoms with van der Waals surface area (Å²) in [6.45, 7) is 0.143. The standard InChI is InChI=1S/C38H35NO9S/c1-44-31-16-14-30(15-17-31)38(28-9-5-3-6-10-28,29-11-7-4-8-12-29)39-24-23-36(40)48-34-22-13-27(25-35(34)45-2)26-46-37(41)47-32-18-20-33(21-19-32)49(42)43/h3-22,25,39H,23-24,26H2,1-2H3,(H,42,43). The predicted molar refractivity (Wildman–Crippen MR) is 183 cm³/mol. The van der Waals surface area contributed by atoms with Crippen molar-refractivity contribution in [2.45, 2.75) is 23.5 Å². The van der Waals surface area contributed by atoms with Crippen molar-refractivity contribution in [3.63, 3.8) is 0 Å². The Hall–Kier alpha value is -5.49. The van der Waals surface area contributed by atoms with Crippen LogP contribution in [0.3, 0.4) is 0 Å². The summed E-state index contributed by atoms with van der Waals surface area (Å²) in [6, 6.07) is 38.2. The van der Waals surface area contributed by atoms with E-state index in [2.05, 4.69) is 29.6 Å². The lowest BCUT2D eigenvalue weighted by atomic mass is 9.77. The fourth-order valence-electron chi connectivity index (χ4n) is 5.33. The molecule has 2 N–H and O–H groups in total. The summed E-state index contributed by atoms with van der Waals surface area (Å²) in [4.78, 5) is 25.5. The SMILES string of the molecule is COc1ccc(C(NCCC(=O)Oc2ccc(COC(=O)Oc3ccc(S(=O)O)cc3)cc2OC)(c2ccccc2)c2ccccc2)cc1. The number of hydrogen-bond donors (Lipinski definition) is 2. The molecular weight excluding hydrogens is 646 g/mol. The third-order valence-corrected chi connectivity index (χ3v) is 8.37. The molecule has 0 heterocycles. The maximum absolute atomic E-state index is 13.1. The van der Waals surface area contributed by atoms with Crippen LogP contribution in [0.2, 0.25) is 0 Å². The van der Waals surface area contributed by atoms with Crippen LogP contribution in [0.5, 0.6) is 23.0 Å². The molecule has 0 spiro atoms. The molecule has 5 aromatic rings. The fourth-order valence-corrected chi connectivity index (χ4v) is 5.70. The van der Waals surface area contributed by atoms with Crippen LogP contribution in [0.25, 0.3) is 0 Å². The molecule has 10 nitrogen and oxygen atoms in total. The van der Waals surface area contributed by atoms with Gasteiger partial charge >= 0.3 is 12.1 Å². The van der Waals surface area contributed by atoms with Gasteiger partial charge in [0.05, 0.1) is 31.1 Å². The zero-order valence-corrected chi connectivity index (χ0v) is 27.7. The van der Waals surface area contributed by atoms with Crippen molar-refractivity contribution >= 4 is 23.2 Å². The van der Waals surface area contributed by atoms with Crippen molar-refractivity contribution in [2.75, 3.05) is 20.8 Å². The van der Waals surface area contributed by atoms with E-state index < -0.39 is 28.7 Å². The highest BCUT2D eigenvalue weighted by Gasteiger charge is 2.36. The highest BCUT2D eigenvalue weighted by atomic mass is 32.2. The molecule has 11 heteroatoms. The van der Waals surface area contributed by atoms with Crippen LogP contribution in [-0.4, -0.2) is 41.7 Å². The van der Waals surface area contributed by atoms with Gasteiger partial charge in [0.1, 0.15) is 18.1 Å². The van der Waals surface area contributed by atoms with Crippen molar-refractivity contribution in [1.29, 1.82) is 0 Å². The van der Waals surface area contributed by atoms with Crippen LogP contribution in [0.15, 0.2) is 132 Å². The zero-order chi connectivity index (χ0) is 34.6. The molecule has 0 radical (unpaired) electrons. The molecule has 0 amide bonds. The lowest BCUT2D eigenvalue weighted by Gasteiger charge is -2.37. The summed E-state index contributed by atoms with van der Waals surface area (Å²) < 4.78 is 47.1. The maximum Gasteiger partial charge on any atom is 0.514 e. The molecular formula is C38H35NO9S. The molecule has 1 atom stereocenters. The Balaban J connectivity index is 1.25. The minimum atomic E-state index is -2.14. The summed E-state index contributed by atoms with van der Waals surface area (Å²) in [5, 5.41) is 3.67. The second-order valence-corrected chi connectivity index (χ2v) is 11.7. The third kappa shape index (κ3) is 8.71. The van der Waals surface area contributed by atoms with Gasteiger partial charge in [-0.1, -0.05) is 78.9 Å². The molecule has 5 rings (SSSR count). The van der Waals surface area contributed by atoms with E-state index >= 15 is 0 Å². The van der Waals surface area contributed by atoms with E-state index in [1.165, 1.54) is 31.4 Å². The topological polar surface area (TPSA) is 130 Å². The Morgan fingerprint density at radius 3 is 1.86 bits per heavy atom. The van der Waals surface area contributed by atoms with Gasteiger partial charge in [0, 0.05) is 6.54 Å². The summed E-state index contributed by atoms with van der Waals surface area (Å²) in [5.41, 5.74) is 2.76. The largest absolute Gasteiger partial charge is 0.514 e. The van der Waals surface area contributed by atoms with E-state index in [1.54, 1.807) is 25.3 Å². The van der Waals surface area contributed by atoms with Crippen LogP contribution in [0.4, 0.5) is 4.79 Å². The molecule has 252 valence electrons. The smallest absolute Gasteiger partial charge is 0.497 e. The highest BCUT2D eigenvalue weighted by molar-refractivity contribution is 7.79. The van der Waals surface area contributed by atoms with E-state index in [0.29, 0.717) is 5.56 Å². The number of benzene rings is 5. The number of nitrogens with one attached hydrogen (secondary N) is 1. The van der Waals surface area contributed by atoms with Crippen molar-refractivity contribution < 1.29 is 42.0 Å². The van der Waals surface area contributed by atoms with E-state index in [9.17, 15) is 13.8 Å². The summed E-state index contributed by atoms with van der Waals surface area (Å²) >= 11 is -2.14. The molecule has 0 saturated carbocycles. The van der Waals surface area contributed by atoms with Crippen molar-refractivity contribution in [2.24, 2.45) is 0 Å². The number of methoxy groups -OCH3 is 2. The van der Waals surface area contributed by atoms with Crippen LogP contribution >= 0.6 is 0 Å². The molecule has 0 aromatic heterocycles. The Morgan fingerprint density at radius 1 is 0.694 bits per heavy atom. The quantitative estimate of drug-likeness (QED) is 0.0421. The number of carbonyl (C=O) groups is 2. The molecule has 0 aliphatic rings. The lowest BCUT2D eigenvalue weighted by Crippen LogP contribution is -2.45. The molecule has 0 aliphatic heterocycles. The van der Waals surface area contributed by atoms with Gasteiger partial charge in [-0.25, -0.2) is 9.00 Å². The fraction of sp³-hybridized carbons (Fsp3) is 0.158. The molecule has 1 unspecified atom stereocenters. The second kappa shape index (κ2) is 16.6. The first-order valence-corrected chi connectivity index (χ1v) is 16.4. The van der Waals surface area contributed by atoms with Crippen molar-refractivity contribution in [3.8, 4) is 23.0 Å². The lowest BCUT2D eigenvalue weighted by molar-refractivity contribution is -0.134. The second-order valence-electron chi connectivity index (χ2n) is 10.7. The average Bonchev–Trinajstić information content (AvgIpc) is 3.14. The van der Waals surface area contributed by atoms with E-state index in [1.807, 2.05) is 60.7 Å². The van der Waals surface area contributed by atoms with Crippen molar-refractivity contribution in [3.05, 3.63) is 150 Å². The van der Waals surface area contributed by atoms with Gasteiger partial charge < -0.3 is 28.2 Å². The minimum absolute atomic E-state index is 0.0482. The monoisotopic (exact) mass is 681 g/mol. The summed E-state index contributed by atoms with van der Waals surface area (Å²) in [7, 11) is 3.07. The van der Waals surface area contributed by atoms with Gasteiger partial charge in [-0.05, 0) is 70.8 Å². The van der Waals surface area contributed by atoms with Crippen LogP contribution < -0.4 is 24.3 Å². The number of rotatable bonds is 14. The zero-order valence-electron chi connectivity index (χ0n) is 26.9. The summed E-state index contributed by atoms with van der Waals surface area (Å²) in [5.74, 6) is 0.915. The number of carbonyl (C=O) groups excluding carboxylic acids is 2. The van der Waals surface area contributed by atoms with Crippen LogP contribution in [0.1, 0.15) is 28.7 Å². The molecule has 5 aromatic carbocycles. The highest BCUT2D eigenvalue weighted by Crippen LogP contribution is 2.37. The molecule has 0 bridgehead atoms. The van der Waals surface area contributed by atoms with Gasteiger partial charge in [0.25, 0.3) is 0 Å². The van der Waals surface area contributed by atoms with Gasteiger partial charge in [0.2, 0.25) is 0 Å². The number of ether oxygens (including phenoxy) is 5. The molecule has 0 fully saturated rings. The van der Waals surface area contributed by atoms with Crippen LogP contribution in [-0.2, 0) is 32.8 Å². The van der Waals surface area contributed by atoms with Gasteiger partial charge in [-0.15, -0.1) is 0 Å². The molecule has 0 saturated heterocycles. The van der Waals surface area contributed by atoms with Crippen LogP contribution in [0, 0.1) is 0 Å². The number of hydrogen-bond acceptors (Lipinski definition) is 9. The van der Waals surface area contributed by atoms with E-state index in [4.69, 9.17) is 28.2 Å². The minimum Gasteiger partial charge on any atom is -0.497 e. The van der Waals surface area contributed by atoms with Crippen molar-refractivity contribution in [1.82, 2.24) is 5.32 Å². The molecule has 0 aliphatic carbocycles.